The molecule has 1 amide bonds. The summed E-state index contributed by atoms with van der Waals surface area (Å²) in [6.45, 7) is 2.86. The van der Waals surface area contributed by atoms with Gasteiger partial charge in [0.15, 0.2) is 0 Å². The van der Waals surface area contributed by atoms with Crippen molar-refractivity contribution in [1.82, 2.24) is 9.78 Å². The molecule has 0 atom stereocenters. The summed E-state index contributed by atoms with van der Waals surface area (Å²) < 4.78 is 1.57. The van der Waals surface area contributed by atoms with Crippen LogP contribution >= 0.6 is 0 Å². The molecule has 0 aromatic carbocycles. The third-order valence-electron chi connectivity index (χ3n) is 1.52. The van der Waals surface area contributed by atoms with Crippen molar-refractivity contribution in [1.29, 1.82) is 0 Å². The average Bonchev–Trinajstić information content (AvgIpc) is 2.33. The highest BCUT2D eigenvalue weighted by molar-refractivity contribution is 5.96. The second kappa shape index (κ2) is 3.18. The SMILES string of the molecule is Cn1cc(NC(=O)C(C)(C)O)cn1. The van der Waals surface area contributed by atoms with Crippen LogP contribution in [0.5, 0.6) is 0 Å². The van der Waals surface area contributed by atoms with E-state index < -0.39 is 11.5 Å². The largest absolute Gasteiger partial charge is 0.381 e. The van der Waals surface area contributed by atoms with Crippen molar-refractivity contribution in [3.63, 3.8) is 0 Å². The first-order chi connectivity index (χ1) is 5.89. The van der Waals surface area contributed by atoms with Gasteiger partial charge in [0.1, 0.15) is 5.60 Å². The second-order valence-electron chi connectivity index (χ2n) is 3.42. The molecular formula is C8H13N3O2. The Morgan fingerprint density at radius 2 is 2.31 bits per heavy atom. The van der Waals surface area contributed by atoms with E-state index in [1.807, 2.05) is 0 Å². The van der Waals surface area contributed by atoms with Gasteiger partial charge in [0.05, 0.1) is 11.9 Å². The van der Waals surface area contributed by atoms with E-state index in [2.05, 4.69) is 10.4 Å². The minimum atomic E-state index is -1.37. The Morgan fingerprint density at radius 1 is 1.69 bits per heavy atom. The van der Waals surface area contributed by atoms with Gasteiger partial charge in [-0.25, -0.2) is 0 Å². The zero-order valence-electron chi connectivity index (χ0n) is 7.90. The Labute approximate surface area is 76.4 Å². The number of hydrogen-bond acceptors (Lipinski definition) is 3. The molecule has 0 radical (unpaired) electrons. The Balaban J connectivity index is 2.65. The lowest BCUT2D eigenvalue weighted by Gasteiger charge is -2.15. The number of anilines is 1. The first-order valence-electron chi connectivity index (χ1n) is 3.92. The van der Waals surface area contributed by atoms with Crippen LogP contribution in [0.2, 0.25) is 0 Å². The zero-order chi connectivity index (χ0) is 10.1. The molecule has 2 N–H and O–H groups in total. The van der Waals surface area contributed by atoms with E-state index in [-0.39, 0.29) is 0 Å². The summed E-state index contributed by atoms with van der Waals surface area (Å²) in [6, 6.07) is 0. The molecule has 0 spiro atoms. The lowest BCUT2D eigenvalue weighted by molar-refractivity contribution is -0.130. The third kappa shape index (κ3) is 2.55. The molecule has 0 aliphatic carbocycles. The Bertz CT molecular complexity index is 311. The van der Waals surface area contributed by atoms with Gasteiger partial charge in [-0.1, -0.05) is 0 Å². The van der Waals surface area contributed by atoms with E-state index in [1.54, 1.807) is 17.9 Å². The summed E-state index contributed by atoms with van der Waals surface area (Å²) >= 11 is 0. The molecule has 5 heteroatoms. The third-order valence-corrected chi connectivity index (χ3v) is 1.52. The number of carbonyl (C=O) groups is 1. The predicted octanol–water partition coefficient (Wildman–Crippen LogP) is 0.130. The van der Waals surface area contributed by atoms with E-state index in [1.165, 1.54) is 20.0 Å². The molecule has 5 nitrogen and oxygen atoms in total. The summed E-state index contributed by atoms with van der Waals surface area (Å²) in [4.78, 5) is 11.2. The van der Waals surface area contributed by atoms with Crippen LogP contribution in [0.15, 0.2) is 12.4 Å². The van der Waals surface area contributed by atoms with Crippen LogP contribution in [0.4, 0.5) is 5.69 Å². The lowest BCUT2D eigenvalue weighted by Crippen LogP contribution is -2.36. The molecule has 0 fully saturated rings. The van der Waals surface area contributed by atoms with Gasteiger partial charge in [-0.2, -0.15) is 5.10 Å². The number of carbonyl (C=O) groups excluding carboxylic acids is 1. The van der Waals surface area contributed by atoms with E-state index in [4.69, 9.17) is 0 Å². The standard InChI is InChI=1S/C8H13N3O2/c1-8(2,13)7(12)10-6-4-9-11(3)5-6/h4-5,13H,1-3H3,(H,10,12). The summed E-state index contributed by atoms with van der Waals surface area (Å²) in [5.74, 6) is -0.444. The topological polar surface area (TPSA) is 67.2 Å². The van der Waals surface area contributed by atoms with Crippen LogP contribution in [-0.2, 0) is 11.8 Å². The van der Waals surface area contributed by atoms with Gasteiger partial charge in [0.2, 0.25) is 0 Å². The van der Waals surface area contributed by atoms with Gasteiger partial charge >= 0.3 is 0 Å². The van der Waals surface area contributed by atoms with E-state index in [0.29, 0.717) is 5.69 Å². The number of aromatic nitrogens is 2. The number of nitrogens with zero attached hydrogens (tertiary/aromatic N) is 2. The summed E-state index contributed by atoms with van der Waals surface area (Å²) in [7, 11) is 1.75. The minimum Gasteiger partial charge on any atom is -0.381 e. The van der Waals surface area contributed by atoms with Gasteiger partial charge in [-0.15, -0.1) is 0 Å². The van der Waals surface area contributed by atoms with Crippen LogP contribution in [0.1, 0.15) is 13.8 Å². The molecule has 1 rings (SSSR count). The van der Waals surface area contributed by atoms with Crippen molar-refractivity contribution in [2.45, 2.75) is 19.4 Å². The molecule has 1 aromatic rings. The Morgan fingerprint density at radius 3 is 2.69 bits per heavy atom. The fourth-order valence-electron chi connectivity index (χ4n) is 0.770. The van der Waals surface area contributed by atoms with Crippen molar-refractivity contribution in [3.8, 4) is 0 Å². The fraction of sp³-hybridized carbons (Fsp3) is 0.500. The summed E-state index contributed by atoms with van der Waals surface area (Å²) in [6.07, 6.45) is 3.17. The summed E-state index contributed by atoms with van der Waals surface area (Å²) in [5.41, 5.74) is -0.787. The number of aryl methyl sites for hydroxylation is 1. The van der Waals surface area contributed by atoms with E-state index in [0.717, 1.165) is 0 Å². The van der Waals surface area contributed by atoms with Crippen LogP contribution in [-0.4, -0.2) is 26.4 Å². The molecule has 72 valence electrons. The molecule has 0 unspecified atom stereocenters. The monoisotopic (exact) mass is 183 g/mol. The fourth-order valence-corrected chi connectivity index (χ4v) is 0.770. The van der Waals surface area contributed by atoms with Crippen molar-refractivity contribution < 1.29 is 9.90 Å². The molecule has 0 saturated heterocycles. The van der Waals surface area contributed by atoms with Gasteiger partial charge in [-0.3, -0.25) is 9.48 Å². The molecule has 0 bridgehead atoms. The van der Waals surface area contributed by atoms with E-state index >= 15 is 0 Å². The summed E-state index contributed by atoms with van der Waals surface area (Å²) in [5, 5.41) is 15.7. The highest BCUT2D eigenvalue weighted by Gasteiger charge is 2.23. The van der Waals surface area contributed by atoms with Gasteiger partial charge < -0.3 is 10.4 Å². The minimum absolute atomic E-state index is 0.444. The maximum Gasteiger partial charge on any atom is 0.255 e. The van der Waals surface area contributed by atoms with Crippen LogP contribution in [0.25, 0.3) is 0 Å². The maximum absolute atomic E-state index is 11.2. The highest BCUT2D eigenvalue weighted by Crippen LogP contribution is 2.08. The molecule has 0 aliphatic rings. The maximum atomic E-state index is 11.2. The van der Waals surface area contributed by atoms with Crippen LogP contribution in [0.3, 0.4) is 0 Å². The van der Waals surface area contributed by atoms with Crippen molar-refractivity contribution in [2.24, 2.45) is 7.05 Å². The zero-order valence-corrected chi connectivity index (χ0v) is 7.90. The number of rotatable bonds is 2. The molecule has 0 saturated carbocycles. The van der Waals surface area contributed by atoms with Crippen LogP contribution < -0.4 is 5.32 Å². The number of aliphatic hydroxyl groups is 1. The van der Waals surface area contributed by atoms with Crippen LogP contribution in [0, 0.1) is 0 Å². The van der Waals surface area contributed by atoms with E-state index in [9.17, 15) is 9.90 Å². The Kier molecular flexibility index (Phi) is 2.38. The smallest absolute Gasteiger partial charge is 0.255 e. The Hall–Kier alpha value is -1.36. The molecule has 0 aliphatic heterocycles. The normalized spacial score (nSPS) is 11.4. The second-order valence-corrected chi connectivity index (χ2v) is 3.42. The number of amides is 1. The van der Waals surface area contributed by atoms with Crippen molar-refractivity contribution >= 4 is 11.6 Å². The molecular weight excluding hydrogens is 170 g/mol. The number of hydrogen-bond donors (Lipinski definition) is 2. The van der Waals surface area contributed by atoms with Gasteiger partial charge in [0.25, 0.3) is 5.91 Å². The predicted molar refractivity (Wildman–Crippen MR) is 48.1 cm³/mol. The van der Waals surface area contributed by atoms with Gasteiger partial charge in [0, 0.05) is 13.2 Å². The lowest BCUT2D eigenvalue weighted by atomic mass is 10.1. The van der Waals surface area contributed by atoms with Crippen molar-refractivity contribution in [3.05, 3.63) is 12.4 Å². The average molecular weight is 183 g/mol. The molecule has 1 heterocycles. The first-order valence-corrected chi connectivity index (χ1v) is 3.92. The molecule has 1 aromatic heterocycles. The first kappa shape index (κ1) is 9.73. The molecule has 13 heavy (non-hydrogen) atoms. The quantitative estimate of drug-likeness (QED) is 0.684. The highest BCUT2D eigenvalue weighted by atomic mass is 16.3. The van der Waals surface area contributed by atoms with Gasteiger partial charge in [-0.05, 0) is 13.8 Å². The van der Waals surface area contributed by atoms with Crippen molar-refractivity contribution in [2.75, 3.05) is 5.32 Å². The number of nitrogens with one attached hydrogen (secondary N) is 1.